The van der Waals surface area contributed by atoms with Crippen molar-refractivity contribution >= 4 is 11.7 Å². The van der Waals surface area contributed by atoms with Crippen LogP contribution in [0.1, 0.15) is 18.4 Å². The number of anilines is 1. The van der Waals surface area contributed by atoms with Crippen molar-refractivity contribution in [2.45, 2.75) is 25.8 Å². The van der Waals surface area contributed by atoms with Crippen LogP contribution in [0.3, 0.4) is 0 Å². The van der Waals surface area contributed by atoms with E-state index < -0.39 is 0 Å². The van der Waals surface area contributed by atoms with Gasteiger partial charge in [0.2, 0.25) is 5.91 Å². The van der Waals surface area contributed by atoms with Gasteiger partial charge in [0.1, 0.15) is 5.82 Å². The van der Waals surface area contributed by atoms with Gasteiger partial charge in [-0.15, -0.1) is 0 Å². The number of carbonyl (C=O) groups is 1. The zero-order valence-electron chi connectivity index (χ0n) is 8.79. The van der Waals surface area contributed by atoms with Crippen LogP contribution in [-0.4, -0.2) is 23.5 Å². The SMILES string of the molecule is Cc1cccnc1NC1CCC(=O)NC1. The summed E-state index contributed by atoms with van der Waals surface area (Å²) in [6.07, 6.45) is 3.25. The third-order valence-corrected chi connectivity index (χ3v) is 2.62. The van der Waals surface area contributed by atoms with Crippen molar-refractivity contribution in [3.05, 3.63) is 23.9 Å². The van der Waals surface area contributed by atoms with E-state index >= 15 is 0 Å². The number of aryl methyl sites for hydroxylation is 1. The lowest BCUT2D eigenvalue weighted by atomic mass is 10.1. The highest BCUT2D eigenvalue weighted by Crippen LogP contribution is 2.13. The smallest absolute Gasteiger partial charge is 0.220 e. The fourth-order valence-electron chi connectivity index (χ4n) is 1.69. The van der Waals surface area contributed by atoms with E-state index in [0.717, 1.165) is 17.8 Å². The Labute approximate surface area is 89.1 Å². The van der Waals surface area contributed by atoms with Gasteiger partial charge in [0.05, 0.1) is 0 Å². The first kappa shape index (κ1) is 9.96. The number of piperidine rings is 1. The maximum atomic E-state index is 11.0. The largest absolute Gasteiger partial charge is 0.365 e. The third kappa shape index (κ3) is 2.46. The Morgan fingerprint density at radius 3 is 3.13 bits per heavy atom. The van der Waals surface area contributed by atoms with Gasteiger partial charge in [-0.2, -0.15) is 0 Å². The molecule has 1 aliphatic rings. The fraction of sp³-hybridized carbons (Fsp3) is 0.455. The van der Waals surface area contributed by atoms with Gasteiger partial charge < -0.3 is 10.6 Å². The van der Waals surface area contributed by atoms with Crippen molar-refractivity contribution in [1.82, 2.24) is 10.3 Å². The Morgan fingerprint density at radius 1 is 1.60 bits per heavy atom. The molecule has 0 spiro atoms. The van der Waals surface area contributed by atoms with Crippen LogP contribution in [0, 0.1) is 6.92 Å². The predicted octanol–water partition coefficient (Wildman–Crippen LogP) is 1.08. The van der Waals surface area contributed by atoms with Crippen LogP contribution in [0.4, 0.5) is 5.82 Å². The van der Waals surface area contributed by atoms with Crippen molar-refractivity contribution in [3.63, 3.8) is 0 Å². The van der Waals surface area contributed by atoms with Crippen LogP contribution in [-0.2, 0) is 4.79 Å². The van der Waals surface area contributed by atoms with Crippen molar-refractivity contribution in [2.75, 3.05) is 11.9 Å². The van der Waals surface area contributed by atoms with Crippen LogP contribution in [0.25, 0.3) is 0 Å². The number of hydrogen-bond donors (Lipinski definition) is 2. The van der Waals surface area contributed by atoms with Crippen LogP contribution in [0.2, 0.25) is 0 Å². The first-order valence-corrected chi connectivity index (χ1v) is 5.20. The number of rotatable bonds is 2. The quantitative estimate of drug-likeness (QED) is 0.759. The third-order valence-electron chi connectivity index (χ3n) is 2.62. The average Bonchev–Trinajstić information content (AvgIpc) is 2.25. The van der Waals surface area contributed by atoms with Gasteiger partial charge in [-0.25, -0.2) is 4.98 Å². The second-order valence-corrected chi connectivity index (χ2v) is 3.85. The molecule has 1 aromatic rings. The molecule has 0 saturated carbocycles. The molecule has 1 atom stereocenters. The van der Waals surface area contributed by atoms with E-state index in [0.29, 0.717) is 19.0 Å². The molecule has 1 amide bonds. The molecule has 15 heavy (non-hydrogen) atoms. The van der Waals surface area contributed by atoms with Gasteiger partial charge in [0.15, 0.2) is 0 Å². The molecule has 0 radical (unpaired) electrons. The van der Waals surface area contributed by atoms with Crippen LogP contribution in [0.5, 0.6) is 0 Å². The highest BCUT2D eigenvalue weighted by Gasteiger charge is 2.18. The number of carbonyl (C=O) groups excluding carboxylic acids is 1. The van der Waals surface area contributed by atoms with E-state index in [2.05, 4.69) is 15.6 Å². The van der Waals surface area contributed by atoms with Crippen LogP contribution in [0.15, 0.2) is 18.3 Å². The summed E-state index contributed by atoms with van der Waals surface area (Å²) in [7, 11) is 0. The summed E-state index contributed by atoms with van der Waals surface area (Å²) in [4.78, 5) is 15.2. The number of nitrogens with zero attached hydrogens (tertiary/aromatic N) is 1. The average molecular weight is 205 g/mol. The predicted molar refractivity (Wildman–Crippen MR) is 58.6 cm³/mol. The Kier molecular flexibility index (Phi) is 2.85. The van der Waals surface area contributed by atoms with Gasteiger partial charge in [-0.05, 0) is 25.0 Å². The summed E-state index contributed by atoms with van der Waals surface area (Å²) in [5.74, 6) is 1.06. The molecule has 1 unspecified atom stereocenters. The Bertz CT molecular complexity index is 355. The standard InChI is InChI=1S/C11H15N3O/c1-8-3-2-6-12-11(8)14-9-4-5-10(15)13-7-9/h2-3,6,9H,4-5,7H2,1H3,(H,12,14)(H,13,15). The van der Waals surface area contributed by atoms with Gasteiger partial charge in [0, 0.05) is 25.2 Å². The molecule has 0 bridgehead atoms. The van der Waals surface area contributed by atoms with Gasteiger partial charge in [-0.3, -0.25) is 4.79 Å². The summed E-state index contributed by atoms with van der Waals surface area (Å²) < 4.78 is 0. The molecule has 2 heterocycles. The van der Waals surface area contributed by atoms with Gasteiger partial charge >= 0.3 is 0 Å². The van der Waals surface area contributed by atoms with Gasteiger partial charge in [0.25, 0.3) is 0 Å². The summed E-state index contributed by atoms with van der Waals surface area (Å²) in [5.41, 5.74) is 1.13. The highest BCUT2D eigenvalue weighted by molar-refractivity contribution is 5.77. The van der Waals surface area contributed by atoms with Gasteiger partial charge in [-0.1, -0.05) is 6.07 Å². The molecule has 0 aromatic carbocycles. The topological polar surface area (TPSA) is 54.0 Å². The first-order valence-electron chi connectivity index (χ1n) is 5.20. The van der Waals surface area contributed by atoms with Crippen LogP contribution >= 0.6 is 0 Å². The van der Waals surface area contributed by atoms with E-state index in [1.165, 1.54) is 0 Å². The van der Waals surface area contributed by atoms with Crippen LogP contribution < -0.4 is 10.6 Å². The lowest BCUT2D eigenvalue weighted by molar-refractivity contribution is -0.122. The molecule has 4 heteroatoms. The number of nitrogens with one attached hydrogen (secondary N) is 2. The Balaban J connectivity index is 1.97. The number of pyridine rings is 1. The molecule has 80 valence electrons. The molecule has 0 aliphatic carbocycles. The molecule has 2 rings (SSSR count). The summed E-state index contributed by atoms with van der Waals surface area (Å²) >= 11 is 0. The van der Waals surface area contributed by atoms with E-state index in [1.54, 1.807) is 6.20 Å². The minimum Gasteiger partial charge on any atom is -0.365 e. The normalized spacial score (nSPS) is 20.9. The Hall–Kier alpha value is -1.58. The van der Waals surface area contributed by atoms with E-state index in [-0.39, 0.29) is 5.91 Å². The lowest BCUT2D eigenvalue weighted by Gasteiger charge is -2.24. The van der Waals surface area contributed by atoms with E-state index in [1.807, 2.05) is 19.1 Å². The maximum absolute atomic E-state index is 11.0. The van der Waals surface area contributed by atoms with Crippen molar-refractivity contribution in [1.29, 1.82) is 0 Å². The molecule has 1 aliphatic heterocycles. The molecule has 1 fully saturated rings. The minimum absolute atomic E-state index is 0.144. The zero-order chi connectivity index (χ0) is 10.7. The number of hydrogen-bond acceptors (Lipinski definition) is 3. The van der Waals surface area contributed by atoms with Crippen molar-refractivity contribution in [3.8, 4) is 0 Å². The molecule has 2 N–H and O–H groups in total. The Morgan fingerprint density at radius 2 is 2.47 bits per heavy atom. The number of amides is 1. The summed E-state index contributed by atoms with van der Waals surface area (Å²) in [6, 6.07) is 4.25. The summed E-state index contributed by atoms with van der Waals surface area (Å²) in [6.45, 7) is 2.71. The molecular weight excluding hydrogens is 190 g/mol. The molecule has 4 nitrogen and oxygen atoms in total. The second-order valence-electron chi connectivity index (χ2n) is 3.85. The highest BCUT2D eigenvalue weighted by atomic mass is 16.1. The lowest BCUT2D eigenvalue weighted by Crippen LogP contribution is -2.42. The van der Waals surface area contributed by atoms with Crippen molar-refractivity contribution in [2.24, 2.45) is 0 Å². The molecular formula is C11H15N3O. The maximum Gasteiger partial charge on any atom is 0.220 e. The molecule has 1 saturated heterocycles. The second kappa shape index (κ2) is 4.29. The van der Waals surface area contributed by atoms with E-state index in [4.69, 9.17) is 0 Å². The van der Waals surface area contributed by atoms with Crippen molar-refractivity contribution < 1.29 is 4.79 Å². The molecule has 1 aromatic heterocycles. The summed E-state index contributed by atoms with van der Waals surface area (Å²) in [5, 5.41) is 6.19. The zero-order valence-corrected chi connectivity index (χ0v) is 8.79. The minimum atomic E-state index is 0.144. The van der Waals surface area contributed by atoms with E-state index in [9.17, 15) is 4.79 Å². The monoisotopic (exact) mass is 205 g/mol. The first-order chi connectivity index (χ1) is 7.25. The fourth-order valence-corrected chi connectivity index (χ4v) is 1.69. The number of aromatic nitrogens is 1.